The molecule has 0 aromatic heterocycles. The molecule has 0 spiro atoms. The van der Waals surface area contributed by atoms with Crippen LogP contribution in [0.25, 0.3) is 0 Å². The Hall–Kier alpha value is -0.0800. The molecule has 0 aliphatic carbocycles. The summed E-state index contributed by atoms with van der Waals surface area (Å²) in [6.45, 7) is 6.45. The topological polar surface area (TPSA) is 12.5 Å². The van der Waals surface area contributed by atoms with E-state index in [1.165, 1.54) is 116 Å². The number of hydrogen-bond donors (Lipinski definition) is 0. The summed E-state index contributed by atoms with van der Waals surface area (Å²) >= 11 is 0. The molecule has 0 fully saturated rings. The fraction of sp³-hybridized carbons (Fsp3) is 1.00. The molecule has 0 aliphatic rings. The van der Waals surface area contributed by atoms with E-state index >= 15 is 0 Å². The monoisotopic (exact) mass is 383 g/mol. The summed E-state index contributed by atoms with van der Waals surface area (Å²) in [6.07, 6.45) is 25.0. The van der Waals surface area contributed by atoms with Gasteiger partial charge in [0.1, 0.15) is 0 Å². The summed E-state index contributed by atoms with van der Waals surface area (Å²) in [5.74, 6) is 0. The lowest BCUT2D eigenvalue weighted by atomic mass is 10.0. The van der Waals surface area contributed by atoms with Gasteiger partial charge in [-0.2, -0.15) is 0 Å². The summed E-state index contributed by atoms with van der Waals surface area (Å²) in [5.41, 5.74) is 0. The van der Waals surface area contributed by atoms with Gasteiger partial charge in [0.25, 0.3) is 0 Å². The highest BCUT2D eigenvalue weighted by Gasteiger charge is 2.11. The molecule has 0 radical (unpaired) electrons. The molecule has 2 nitrogen and oxygen atoms in total. The largest absolute Gasteiger partial charge is 0.380 e. The fourth-order valence-corrected chi connectivity index (χ4v) is 3.74. The van der Waals surface area contributed by atoms with E-state index in [1.807, 2.05) is 0 Å². The van der Waals surface area contributed by atoms with Crippen molar-refractivity contribution in [2.24, 2.45) is 0 Å². The summed E-state index contributed by atoms with van der Waals surface area (Å²) in [7, 11) is 4.41. The van der Waals surface area contributed by atoms with Gasteiger partial charge in [0, 0.05) is 12.6 Å². The van der Waals surface area contributed by atoms with Gasteiger partial charge in [-0.1, -0.05) is 117 Å². The van der Waals surface area contributed by atoms with Gasteiger partial charge in [-0.3, -0.25) is 0 Å². The average molecular weight is 384 g/mol. The molecule has 0 N–H and O–H groups in total. The maximum atomic E-state index is 6.00. The standard InChI is InChI=1S/C25H53NO/c1-5-7-9-11-13-14-15-17-19-21-23-27-24-25(26(3)4)22-20-18-16-12-10-8-6-2/h25H,5-24H2,1-4H3. The molecule has 0 saturated heterocycles. The minimum absolute atomic E-state index is 0.601. The zero-order chi connectivity index (χ0) is 20.0. The molecule has 0 aromatic rings. The number of unbranched alkanes of at least 4 members (excludes halogenated alkanes) is 15. The molecule has 0 rings (SSSR count). The van der Waals surface area contributed by atoms with Gasteiger partial charge in [0.2, 0.25) is 0 Å². The molecule has 0 saturated carbocycles. The molecule has 0 heterocycles. The molecule has 0 bridgehead atoms. The number of likely N-dealkylation sites (N-methyl/N-ethyl adjacent to an activating group) is 1. The number of hydrogen-bond acceptors (Lipinski definition) is 2. The molecule has 164 valence electrons. The number of nitrogens with zero attached hydrogens (tertiary/aromatic N) is 1. The van der Waals surface area contributed by atoms with Gasteiger partial charge in [-0.05, 0) is 26.9 Å². The smallest absolute Gasteiger partial charge is 0.0621 e. The van der Waals surface area contributed by atoms with Crippen molar-refractivity contribution in [1.82, 2.24) is 4.90 Å². The van der Waals surface area contributed by atoms with E-state index in [1.54, 1.807) is 0 Å². The van der Waals surface area contributed by atoms with E-state index in [4.69, 9.17) is 4.74 Å². The lowest BCUT2D eigenvalue weighted by Gasteiger charge is -2.24. The lowest BCUT2D eigenvalue weighted by molar-refractivity contribution is 0.0721. The molecule has 2 heteroatoms. The zero-order valence-electron chi connectivity index (χ0n) is 19.6. The van der Waals surface area contributed by atoms with Crippen LogP contribution in [-0.2, 0) is 4.74 Å². The van der Waals surface area contributed by atoms with Crippen LogP contribution in [-0.4, -0.2) is 38.3 Å². The van der Waals surface area contributed by atoms with Crippen LogP contribution >= 0.6 is 0 Å². The first kappa shape index (κ1) is 26.9. The Balaban J connectivity index is 3.41. The third kappa shape index (κ3) is 20.5. The van der Waals surface area contributed by atoms with Crippen molar-refractivity contribution in [2.75, 3.05) is 27.3 Å². The highest BCUT2D eigenvalue weighted by molar-refractivity contribution is 4.65. The van der Waals surface area contributed by atoms with E-state index in [0.717, 1.165) is 13.2 Å². The molecule has 1 atom stereocenters. The summed E-state index contributed by atoms with van der Waals surface area (Å²) in [5, 5.41) is 0. The second-order valence-electron chi connectivity index (χ2n) is 8.78. The lowest BCUT2D eigenvalue weighted by Crippen LogP contribution is -2.32. The number of ether oxygens (including phenoxy) is 1. The third-order valence-electron chi connectivity index (χ3n) is 5.82. The van der Waals surface area contributed by atoms with Crippen LogP contribution in [0.3, 0.4) is 0 Å². The van der Waals surface area contributed by atoms with E-state index in [9.17, 15) is 0 Å². The van der Waals surface area contributed by atoms with Crippen molar-refractivity contribution in [2.45, 2.75) is 135 Å². The quantitative estimate of drug-likeness (QED) is 0.176. The van der Waals surface area contributed by atoms with Crippen molar-refractivity contribution in [3.05, 3.63) is 0 Å². The Morgan fingerprint density at radius 3 is 1.41 bits per heavy atom. The molecule has 1 unspecified atom stereocenters. The molecule has 27 heavy (non-hydrogen) atoms. The van der Waals surface area contributed by atoms with Gasteiger partial charge >= 0.3 is 0 Å². The van der Waals surface area contributed by atoms with Crippen LogP contribution in [0.15, 0.2) is 0 Å². The van der Waals surface area contributed by atoms with Gasteiger partial charge in [-0.25, -0.2) is 0 Å². The first-order valence-electron chi connectivity index (χ1n) is 12.5. The van der Waals surface area contributed by atoms with Crippen molar-refractivity contribution >= 4 is 0 Å². The predicted molar refractivity (Wildman–Crippen MR) is 123 cm³/mol. The Bertz CT molecular complexity index is 267. The van der Waals surface area contributed by atoms with Crippen LogP contribution in [0.4, 0.5) is 0 Å². The average Bonchev–Trinajstić information content (AvgIpc) is 2.66. The van der Waals surface area contributed by atoms with Crippen LogP contribution in [0.5, 0.6) is 0 Å². The van der Waals surface area contributed by atoms with Crippen molar-refractivity contribution < 1.29 is 4.74 Å². The molecule has 0 aliphatic heterocycles. The minimum atomic E-state index is 0.601. The highest BCUT2D eigenvalue weighted by atomic mass is 16.5. The second-order valence-corrected chi connectivity index (χ2v) is 8.78. The maximum Gasteiger partial charge on any atom is 0.0621 e. The van der Waals surface area contributed by atoms with Crippen LogP contribution in [0.2, 0.25) is 0 Å². The molecular formula is C25H53NO. The summed E-state index contributed by atoms with van der Waals surface area (Å²) in [6, 6.07) is 0.601. The molecule has 0 aromatic carbocycles. The molecule has 0 amide bonds. The Kier molecular flexibility index (Phi) is 22.1. The van der Waals surface area contributed by atoms with E-state index in [-0.39, 0.29) is 0 Å². The summed E-state index contributed by atoms with van der Waals surface area (Å²) in [4.78, 5) is 2.36. The first-order valence-corrected chi connectivity index (χ1v) is 12.5. The SMILES string of the molecule is CCCCCCCCCCCCOCC(CCCCCCCCC)N(C)C. The minimum Gasteiger partial charge on any atom is -0.380 e. The van der Waals surface area contributed by atoms with Crippen molar-refractivity contribution in [3.63, 3.8) is 0 Å². The van der Waals surface area contributed by atoms with Crippen LogP contribution in [0.1, 0.15) is 129 Å². The number of rotatable bonds is 22. The normalized spacial score (nSPS) is 12.8. The van der Waals surface area contributed by atoms with E-state index in [2.05, 4.69) is 32.8 Å². The van der Waals surface area contributed by atoms with Gasteiger partial charge < -0.3 is 9.64 Å². The predicted octanol–water partition coefficient (Wildman–Crippen LogP) is 7.99. The van der Waals surface area contributed by atoms with Crippen LogP contribution in [0, 0.1) is 0 Å². The molecular weight excluding hydrogens is 330 g/mol. The Morgan fingerprint density at radius 1 is 0.556 bits per heavy atom. The maximum absolute atomic E-state index is 6.00. The van der Waals surface area contributed by atoms with Gasteiger partial charge in [0.05, 0.1) is 6.61 Å². The van der Waals surface area contributed by atoms with Crippen molar-refractivity contribution in [3.8, 4) is 0 Å². The van der Waals surface area contributed by atoms with Gasteiger partial charge in [0.15, 0.2) is 0 Å². The van der Waals surface area contributed by atoms with Crippen molar-refractivity contribution in [1.29, 1.82) is 0 Å². The third-order valence-corrected chi connectivity index (χ3v) is 5.82. The fourth-order valence-electron chi connectivity index (χ4n) is 3.74. The van der Waals surface area contributed by atoms with Crippen LogP contribution < -0.4 is 0 Å². The Labute approximate surface area is 172 Å². The van der Waals surface area contributed by atoms with E-state index in [0.29, 0.717) is 6.04 Å². The van der Waals surface area contributed by atoms with E-state index < -0.39 is 0 Å². The Morgan fingerprint density at radius 2 is 0.963 bits per heavy atom. The first-order chi connectivity index (χ1) is 13.2. The van der Waals surface area contributed by atoms with Gasteiger partial charge in [-0.15, -0.1) is 0 Å². The summed E-state index contributed by atoms with van der Waals surface area (Å²) < 4.78 is 6.00. The highest BCUT2D eigenvalue weighted by Crippen LogP contribution is 2.13. The zero-order valence-corrected chi connectivity index (χ0v) is 19.6. The second kappa shape index (κ2) is 22.2.